The van der Waals surface area contributed by atoms with Gasteiger partial charge in [0.2, 0.25) is 6.39 Å². The lowest BCUT2D eigenvalue weighted by atomic mass is 10.4. The fraction of sp³-hybridized carbons (Fsp3) is 0.571. The van der Waals surface area contributed by atoms with E-state index in [4.69, 9.17) is 0 Å². The Kier molecular flexibility index (Phi) is 2.40. The molecule has 1 aromatic rings. The number of guanidine groups is 1. The molecule has 0 unspecified atom stereocenters. The fourth-order valence-electron chi connectivity index (χ4n) is 1.11. The van der Waals surface area contributed by atoms with Gasteiger partial charge in [0.15, 0.2) is 11.8 Å². The Labute approximate surface area is 75.4 Å². The van der Waals surface area contributed by atoms with E-state index in [9.17, 15) is 0 Å². The summed E-state index contributed by atoms with van der Waals surface area (Å²) < 4.78 is 4.60. The monoisotopic (exact) mass is 181 g/mol. The van der Waals surface area contributed by atoms with Crippen molar-refractivity contribution >= 4 is 5.96 Å². The quantitative estimate of drug-likeness (QED) is 0.636. The topological polar surface area (TPSA) is 75.3 Å². The molecule has 1 aromatic heterocycles. The molecule has 6 nitrogen and oxygen atoms in total. The van der Waals surface area contributed by atoms with Crippen molar-refractivity contribution in [3.63, 3.8) is 0 Å². The molecule has 1 aliphatic heterocycles. The molecule has 0 radical (unpaired) electrons. The second-order valence-corrected chi connectivity index (χ2v) is 2.68. The van der Waals surface area contributed by atoms with Crippen LogP contribution in [0.1, 0.15) is 5.82 Å². The van der Waals surface area contributed by atoms with Crippen molar-refractivity contribution in [3.8, 4) is 0 Å². The second-order valence-electron chi connectivity index (χ2n) is 2.68. The van der Waals surface area contributed by atoms with Crippen LogP contribution in [0.15, 0.2) is 15.9 Å². The summed E-state index contributed by atoms with van der Waals surface area (Å²) in [6, 6.07) is 0. The largest absolute Gasteiger partial charge is 0.356 e. The van der Waals surface area contributed by atoms with Gasteiger partial charge in [-0.1, -0.05) is 5.16 Å². The first-order chi connectivity index (χ1) is 6.45. The zero-order valence-electron chi connectivity index (χ0n) is 7.16. The van der Waals surface area contributed by atoms with E-state index in [1.165, 1.54) is 6.39 Å². The van der Waals surface area contributed by atoms with E-state index < -0.39 is 0 Å². The lowest BCUT2D eigenvalue weighted by Crippen LogP contribution is -2.35. The molecule has 1 aliphatic rings. The van der Waals surface area contributed by atoms with E-state index in [-0.39, 0.29) is 0 Å². The summed E-state index contributed by atoms with van der Waals surface area (Å²) in [5.74, 6) is 1.58. The molecule has 0 spiro atoms. The second kappa shape index (κ2) is 3.88. The third kappa shape index (κ3) is 2.17. The lowest BCUT2D eigenvalue weighted by molar-refractivity contribution is 0.410. The molecule has 13 heavy (non-hydrogen) atoms. The molecular weight excluding hydrogens is 170 g/mol. The molecule has 0 saturated carbocycles. The fourth-order valence-corrected chi connectivity index (χ4v) is 1.11. The smallest absolute Gasteiger partial charge is 0.213 e. The number of hydrogen-bond donors (Lipinski definition) is 2. The van der Waals surface area contributed by atoms with Crippen molar-refractivity contribution < 1.29 is 4.52 Å². The van der Waals surface area contributed by atoms with Gasteiger partial charge in [-0.25, -0.2) is 0 Å². The van der Waals surface area contributed by atoms with Gasteiger partial charge in [-0.3, -0.25) is 4.99 Å². The summed E-state index contributed by atoms with van der Waals surface area (Å²) in [5, 5.41) is 9.94. The van der Waals surface area contributed by atoms with Gasteiger partial charge in [0, 0.05) is 19.5 Å². The number of nitrogens with zero attached hydrogens (tertiary/aromatic N) is 3. The van der Waals surface area contributed by atoms with Crippen molar-refractivity contribution in [2.24, 2.45) is 4.99 Å². The van der Waals surface area contributed by atoms with Crippen LogP contribution in [0.5, 0.6) is 0 Å². The van der Waals surface area contributed by atoms with Gasteiger partial charge < -0.3 is 15.2 Å². The van der Waals surface area contributed by atoms with Crippen LogP contribution in [-0.4, -0.2) is 35.7 Å². The van der Waals surface area contributed by atoms with Crippen molar-refractivity contribution in [2.75, 3.05) is 19.6 Å². The normalized spacial score (nSPS) is 15.2. The number of aromatic nitrogens is 2. The first-order valence-electron chi connectivity index (χ1n) is 4.22. The van der Waals surface area contributed by atoms with Gasteiger partial charge in [0.25, 0.3) is 0 Å². The van der Waals surface area contributed by atoms with Gasteiger partial charge in [-0.15, -0.1) is 0 Å². The highest BCUT2D eigenvalue weighted by Crippen LogP contribution is 1.88. The molecule has 0 amide bonds. The SMILES string of the molecule is c1nc(CCNC2=NCCN2)no1. The molecule has 0 aliphatic carbocycles. The van der Waals surface area contributed by atoms with E-state index in [0.29, 0.717) is 5.82 Å². The molecule has 0 aromatic carbocycles. The summed E-state index contributed by atoms with van der Waals surface area (Å²) >= 11 is 0. The predicted octanol–water partition coefficient (Wildman–Crippen LogP) is -0.839. The number of nitrogens with one attached hydrogen (secondary N) is 2. The van der Waals surface area contributed by atoms with Crippen LogP contribution < -0.4 is 10.6 Å². The zero-order chi connectivity index (χ0) is 8.93. The summed E-state index contributed by atoms with van der Waals surface area (Å²) in [5.41, 5.74) is 0. The Morgan fingerprint density at radius 1 is 1.62 bits per heavy atom. The highest BCUT2D eigenvalue weighted by molar-refractivity contribution is 5.81. The Morgan fingerprint density at radius 3 is 3.31 bits per heavy atom. The molecule has 2 heterocycles. The Hall–Kier alpha value is -1.59. The highest BCUT2D eigenvalue weighted by Gasteiger charge is 2.03. The average Bonchev–Trinajstić information content (AvgIpc) is 2.75. The summed E-state index contributed by atoms with van der Waals surface area (Å²) in [4.78, 5) is 8.09. The van der Waals surface area contributed by atoms with Crippen LogP contribution >= 0.6 is 0 Å². The molecular formula is C7H11N5O. The average molecular weight is 181 g/mol. The van der Waals surface area contributed by atoms with Crippen LogP contribution in [-0.2, 0) is 6.42 Å². The molecule has 6 heteroatoms. The van der Waals surface area contributed by atoms with Gasteiger partial charge >= 0.3 is 0 Å². The molecule has 0 fully saturated rings. The Balaban J connectivity index is 1.69. The molecule has 2 rings (SSSR count). The van der Waals surface area contributed by atoms with E-state index >= 15 is 0 Å². The maximum atomic E-state index is 4.60. The maximum Gasteiger partial charge on any atom is 0.213 e. The number of rotatable bonds is 3. The van der Waals surface area contributed by atoms with Gasteiger partial charge in [-0.2, -0.15) is 4.98 Å². The summed E-state index contributed by atoms with van der Waals surface area (Å²) in [6.45, 7) is 2.54. The molecule has 0 saturated heterocycles. The van der Waals surface area contributed by atoms with Crippen molar-refractivity contribution in [1.29, 1.82) is 0 Å². The third-order valence-electron chi connectivity index (χ3n) is 1.72. The van der Waals surface area contributed by atoms with Crippen LogP contribution in [0.25, 0.3) is 0 Å². The number of hydrogen-bond acceptors (Lipinski definition) is 6. The molecule has 70 valence electrons. The van der Waals surface area contributed by atoms with Gasteiger partial charge in [0.05, 0.1) is 6.54 Å². The van der Waals surface area contributed by atoms with Gasteiger partial charge in [0.1, 0.15) is 0 Å². The standard InChI is InChI=1S/C7H11N5O/c1(6-11-5-13-12-6)2-8-7-9-3-4-10-7/h5H,1-4H2,(H2,8,9,10). The zero-order valence-corrected chi connectivity index (χ0v) is 7.16. The van der Waals surface area contributed by atoms with E-state index in [1.54, 1.807) is 0 Å². The minimum Gasteiger partial charge on any atom is -0.356 e. The minimum absolute atomic E-state index is 0.714. The lowest BCUT2D eigenvalue weighted by Gasteiger charge is -2.03. The minimum atomic E-state index is 0.714. The van der Waals surface area contributed by atoms with Crippen molar-refractivity contribution in [2.45, 2.75) is 6.42 Å². The molecule has 2 N–H and O–H groups in total. The summed E-state index contributed by atoms with van der Waals surface area (Å²) in [7, 11) is 0. The van der Waals surface area contributed by atoms with Crippen LogP contribution in [0.2, 0.25) is 0 Å². The van der Waals surface area contributed by atoms with E-state index in [1.807, 2.05) is 0 Å². The van der Waals surface area contributed by atoms with Crippen molar-refractivity contribution in [1.82, 2.24) is 20.8 Å². The highest BCUT2D eigenvalue weighted by atomic mass is 16.5. The molecule has 0 atom stereocenters. The summed E-state index contributed by atoms with van der Waals surface area (Å²) in [6.07, 6.45) is 2.08. The first kappa shape index (κ1) is 8.03. The maximum absolute atomic E-state index is 4.60. The van der Waals surface area contributed by atoms with E-state index in [0.717, 1.165) is 32.0 Å². The van der Waals surface area contributed by atoms with Crippen molar-refractivity contribution in [3.05, 3.63) is 12.2 Å². The first-order valence-corrected chi connectivity index (χ1v) is 4.22. The Bertz CT molecular complexity index is 281. The van der Waals surface area contributed by atoms with Crippen LogP contribution in [0.4, 0.5) is 0 Å². The predicted molar refractivity (Wildman–Crippen MR) is 46.3 cm³/mol. The van der Waals surface area contributed by atoms with Crippen LogP contribution in [0, 0.1) is 0 Å². The molecule has 0 bridgehead atoms. The van der Waals surface area contributed by atoms with Gasteiger partial charge in [-0.05, 0) is 0 Å². The third-order valence-corrected chi connectivity index (χ3v) is 1.72. The van der Waals surface area contributed by atoms with Crippen LogP contribution in [0.3, 0.4) is 0 Å². The number of aliphatic imine (C=N–C) groups is 1. The Morgan fingerprint density at radius 2 is 2.62 bits per heavy atom. The van der Waals surface area contributed by atoms with E-state index in [2.05, 4.69) is 30.3 Å².